The summed E-state index contributed by atoms with van der Waals surface area (Å²) < 4.78 is 37.7. The van der Waals surface area contributed by atoms with Crippen molar-refractivity contribution < 1.29 is 58.0 Å². The van der Waals surface area contributed by atoms with E-state index in [1.54, 1.807) is 37.4 Å². The number of fused-ring (bicyclic) bond motifs is 2. The van der Waals surface area contributed by atoms with Gasteiger partial charge in [0, 0.05) is 56.7 Å². The number of nitro groups is 1. The van der Waals surface area contributed by atoms with Crippen LogP contribution in [0.2, 0.25) is 0 Å². The molecule has 1 unspecified atom stereocenters. The van der Waals surface area contributed by atoms with Crippen LogP contribution in [0.1, 0.15) is 86.0 Å². The number of nitrogens with zero attached hydrogens (tertiary/aromatic N) is 3. The zero-order valence-electron chi connectivity index (χ0n) is 36.3. The standard InChI is InChI=1S/C48H57N3O13/c1-4-24-60-48-43(50(2)47(55)62-34-16-14-33(15-17-34)51(56)57)29-40(49-64-44-13-7-10-25-59-44)38-27-31(11-5-8-22-52)37(12-6-9-23-53)45(46(38)48)39-28-36(19-21-42(39)63-48)61-35-18-20-41(58-3)32(26-35)30-54/h4,14-21,26-28,30-31,37,43-46,52-53H,1,5-13,22-25,29H2,2-3H3/t31-,37+,43-,44?,45+,46+,48+/m0/s1. The minimum atomic E-state index is -1.55. The van der Waals surface area contributed by atoms with Crippen LogP contribution in [0.5, 0.6) is 28.7 Å². The van der Waals surface area contributed by atoms with Crippen molar-refractivity contribution in [3.8, 4) is 28.7 Å². The Labute approximate surface area is 372 Å². The van der Waals surface area contributed by atoms with Gasteiger partial charge in [0.2, 0.25) is 12.1 Å². The molecule has 0 radical (unpaired) electrons. The van der Waals surface area contributed by atoms with E-state index in [0.717, 1.165) is 49.7 Å². The summed E-state index contributed by atoms with van der Waals surface area (Å²) in [5.41, 5.74) is 2.45. The van der Waals surface area contributed by atoms with Crippen LogP contribution in [-0.2, 0) is 14.3 Å². The summed E-state index contributed by atoms with van der Waals surface area (Å²) in [6.07, 6.45) is 10.1. The van der Waals surface area contributed by atoms with Gasteiger partial charge in [0.1, 0.15) is 34.8 Å². The molecule has 7 rings (SSSR count). The molecule has 4 aliphatic rings. The number of likely N-dealkylation sites (N-methyl/N-ethyl adjacent to an activating group) is 1. The van der Waals surface area contributed by atoms with Crippen molar-refractivity contribution >= 4 is 23.8 Å². The predicted octanol–water partition coefficient (Wildman–Crippen LogP) is 8.50. The number of benzene rings is 3. The second kappa shape index (κ2) is 21.2. The Kier molecular flexibility index (Phi) is 15.3. The van der Waals surface area contributed by atoms with Crippen molar-refractivity contribution in [2.24, 2.45) is 22.9 Å². The summed E-state index contributed by atoms with van der Waals surface area (Å²) in [5.74, 6) is -0.595. The minimum Gasteiger partial charge on any atom is -0.496 e. The summed E-state index contributed by atoms with van der Waals surface area (Å²) >= 11 is 0. The molecule has 0 bridgehead atoms. The van der Waals surface area contributed by atoms with Gasteiger partial charge in [-0.25, -0.2) is 4.79 Å². The summed E-state index contributed by atoms with van der Waals surface area (Å²) in [6, 6.07) is 14.9. The summed E-state index contributed by atoms with van der Waals surface area (Å²) in [7, 11) is 3.09. The molecule has 2 aliphatic carbocycles. The number of hydrogen-bond donors (Lipinski definition) is 2. The van der Waals surface area contributed by atoms with Crippen LogP contribution in [0, 0.1) is 27.9 Å². The van der Waals surface area contributed by atoms with Gasteiger partial charge in [-0.15, -0.1) is 6.58 Å². The second-order valence-electron chi connectivity index (χ2n) is 16.5. The molecule has 2 aliphatic heterocycles. The van der Waals surface area contributed by atoms with Crippen molar-refractivity contribution in [1.29, 1.82) is 0 Å². The number of rotatable bonds is 20. The van der Waals surface area contributed by atoms with Gasteiger partial charge in [-0.1, -0.05) is 30.1 Å². The number of methoxy groups -OCH3 is 1. The van der Waals surface area contributed by atoms with Gasteiger partial charge in [-0.3, -0.25) is 14.9 Å². The molecular weight excluding hydrogens is 827 g/mol. The first kappa shape index (κ1) is 46.2. The van der Waals surface area contributed by atoms with Crippen molar-refractivity contribution in [3.05, 3.63) is 106 Å². The highest BCUT2D eigenvalue weighted by molar-refractivity contribution is 6.03. The summed E-state index contributed by atoms with van der Waals surface area (Å²) in [4.78, 5) is 44.7. The topological polar surface area (TPSA) is 198 Å². The highest BCUT2D eigenvalue weighted by Gasteiger charge is 2.65. The number of amides is 1. The van der Waals surface area contributed by atoms with Crippen LogP contribution < -0.4 is 18.9 Å². The fourth-order valence-electron chi connectivity index (χ4n) is 9.65. The third-order valence-corrected chi connectivity index (χ3v) is 12.6. The van der Waals surface area contributed by atoms with E-state index in [0.29, 0.717) is 66.4 Å². The van der Waals surface area contributed by atoms with E-state index in [1.165, 1.54) is 36.3 Å². The van der Waals surface area contributed by atoms with E-state index in [4.69, 9.17) is 38.4 Å². The number of carbonyl (C=O) groups excluding carboxylic acids is 2. The van der Waals surface area contributed by atoms with Crippen molar-refractivity contribution in [3.63, 3.8) is 0 Å². The Morgan fingerprint density at radius 3 is 2.44 bits per heavy atom. The van der Waals surface area contributed by atoms with Crippen molar-refractivity contribution in [2.45, 2.75) is 88.2 Å². The zero-order chi connectivity index (χ0) is 45.2. The predicted molar refractivity (Wildman–Crippen MR) is 235 cm³/mol. The summed E-state index contributed by atoms with van der Waals surface area (Å²) in [5, 5.41) is 36.1. The maximum absolute atomic E-state index is 14.3. The lowest BCUT2D eigenvalue weighted by atomic mass is 9.55. The number of aliphatic hydroxyl groups is 2. The number of allylic oxidation sites excluding steroid dienone is 1. The first-order chi connectivity index (χ1) is 31.1. The maximum Gasteiger partial charge on any atom is 0.415 e. The monoisotopic (exact) mass is 883 g/mol. The van der Waals surface area contributed by atoms with Gasteiger partial charge < -0.3 is 48.4 Å². The number of nitro benzene ring substituents is 1. The van der Waals surface area contributed by atoms with E-state index in [9.17, 15) is 29.9 Å². The molecule has 0 spiro atoms. The van der Waals surface area contributed by atoms with E-state index >= 15 is 0 Å². The third-order valence-electron chi connectivity index (χ3n) is 12.6. The first-order valence-electron chi connectivity index (χ1n) is 22.0. The zero-order valence-corrected chi connectivity index (χ0v) is 36.3. The number of aldehydes is 1. The molecule has 3 aromatic rings. The number of oxime groups is 1. The molecule has 3 aromatic carbocycles. The van der Waals surface area contributed by atoms with Gasteiger partial charge in [0.05, 0.1) is 42.4 Å². The van der Waals surface area contributed by atoms with Gasteiger partial charge in [-0.2, -0.15) is 0 Å². The highest BCUT2D eigenvalue weighted by atomic mass is 16.8. The molecule has 16 nitrogen and oxygen atoms in total. The molecule has 1 amide bonds. The molecule has 16 heteroatoms. The molecule has 2 N–H and O–H groups in total. The Morgan fingerprint density at radius 1 is 1.02 bits per heavy atom. The summed E-state index contributed by atoms with van der Waals surface area (Å²) in [6.45, 7) is 4.67. The van der Waals surface area contributed by atoms with E-state index in [2.05, 4.69) is 12.7 Å². The smallest absolute Gasteiger partial charge is 0.415 e. The number of carbonyl (C=O) groups is 2. The molecule has 0 aromatic heterocycles. The molecule has 1 saturated heterocycles. The van der Waals surface area contributed by atoms with Gasteiger partial charge in [0.15, 0.2) is 6.29 Å². The van der Waals surface area contributed by atoms with Crippen LogP contribution in [0.25, 0.3) is 0 Å². The molecule has 7 atom stereocenters. The number of hydrogen-bond acceptors (Lipinski definition) is 14. The van der Waals surface area contributed by atoms with Gasteiger partial charge in [-0.05, 0) is 104 Å². The fraction of sp³-hybridized carbons (Fsp3) is 0.479. The van der Waals surface area contributed by atoms with E-state index in [1.807, 2.05) is 12.1 Å². The van der Waals surface area contributed by atoms with Crippen LogP contribution in [0.3, 0.4) is 0 Å². The van der Waals surface area contributed by atoms with E-state index < -0.39 is 35.1 Å². The number of ether oxygens (including phenoxy) is 6. The molecular formula is C48H57N3O13. The van der Waals surface area contributed by atoms with Crippen molar-refractivity contribution in [2.75, 3.05) is 40.6 Å². The van der Waals surface area contributed by atoms with Gasteiger partial charge >= 0.3 is 6.09 Å². The Balaban J connectivity index is 1.39. The SMILES string of the molecule is C=CCO[C@@]12Oc3ccc(Oc4ccc(OC)c(C=O)c4)cc3[C@H]3[C@H](CCCCO)[C@@H](CCCCO)C=C(C(=NOC4CCCCO4)C[C@@H]1N(C)C(=O)Oc1ccc([N+](=O)[O-])cc1)[C@H]32. The lowest BCUT2D eigenvalue weighted by Crippen LogP contribution is -2.69. The average molecular weight is 884 g/mol. The van der Waals surface area contributed by atoms with Gasteiger partial charge in [0.25, 0.3) is 5.69 Å². The Morgan fingerprint density at radius 2 is 1.75 bits per heavy atom. The number of non-ortho nitro benzene ring substituents is 1. The molecule has 64 heavy (non-hydrogen) atoms. The van der Waals surface area contributed by atoms with E-state index in [-0.39, 0.29) is 55.4 Å². The Hall–Kier alpha value is -5.81. The fourth-order valence-corrected chi connectivity index (χ4v) is 9.65. The normalized spacial score (nSPS) is 25.1. The van der Waals surface area contributed by atoms with Crippen LogP contribution in [-0.4, -0.2) is 96.8 Å². The molecule has 1 saturated carbocycles. The average Bonchev–Trinajstić information content (AvgIpc) is 3.31. The first-order valence-corrected chi connectivity index (χ1v) is 22.0. The second-order valence-corrected chi connectivity index (χ2v) is 16.5. The maximum atomic E-state index is 14.3. The quantitative estimate of drug-likeness (QED) is 0.0360. The largest absolute Gasteiger partial charge is 0.496 e. The van der Waals surface area contributed by atoms with Crippen LogP contribution in [0.15, 0.2) is 90.1 Å². The third kappa shape index (κ3) is 9.94. The lowest BCUT2D eigenvalue weighted by Gasteiger charge is -2.59. The Bertz CT molecular complexity index is 2190. The molecule has 2 fully saturated rings. The highest BCUT2D eigenvalue weighted by Crippen LogP contribution is 2.62. The lowest BCUT2D eigenvalue weighted by molar-refractivity contribution is -0.384. The van der Waals surface area contributed by atoms with Crippen LogP contribution >= 0.6 is 0 Å². The van der Waals surface area contributed by atoms with Crippen LogP contribution in [0.4, 0.5) is 10.5 Å². The van der Waals surface area contributed by atoms with Crippen molar-refractivity contribution in [1.82, 2.24) is 4.90 Å². The molecule has 342 valence electrons. The number of unbranched alkanes of at least 4 members (excludes halogenated alkanes) is 2. The molecule has 2 heterocycles. The number of aliphatic hydroxyl groups excluding tert-OH is 2. The minimum absolute atomic E-state index is 0.0108.